The summed E-state index contributed by atoms with van der Waals surface area (Å²) in [6.07, 6.45) is -1.08. The molecule has 0 radical (unpaired) electrons. The molecule has 1 aliphatic rings. The molecule has 0 unspecified atom stereocenters. The quantitative estimate of drug-likeness (QED) is 0.700. The van der Waals surface area contributed by atoms with E-state index in [1.807, 2.05) is 0 Å². The summed E-state index contributed by atoms with van der Waals surface area (Å²) in [6.45, 7) is 0. The fourth-order valence-electron chi connectivity index (χ4n) is 2.67. The normalized spacial score (nSPS) is 14.5. The number of aryl methyl sites for hydroxylation is 1. The van der Waals surface area contributed by atoms with Crippen molar-refractivity contribution in [2.75, 3.05) is 5.75 Å². The van der Waals surface area contributed by atoms with Gasteiger partial charge in [-0.1, -0.05) is 18.2 Å². The number of hydrogen-bond donors (Lipinski definition) is 3. The maximum absolute atomic E-state index is 12.9. The van der Waals surface area contributed by atoms with Gasteiger partial charge >= 0.3 is 13.3 Å². The molecule has 0 saturated carbocycles. The number of nitrogens with one attached hydrogen (secondary N) is 1. The number of aromatic amines is 1. The van der Waals surface area contributed by atoms with Crippen LogP contribution in [0.2, 0.25) is 0 Å². The van der Waals surface area contributed by atoms with Crippen LogP contribution in [0.25, 0.3) is 12.2 Å². The van der Waals surface area contributed by atoms with Crippen molar-refractivity contribution >= 4 is 36.5 Å². The van der Waals surface area contributed by atoms with E-state index in [2.05, 4.69) is 9.97 Å². The fourth-order valence-corrected chi connectivity index (χ4v) is 3.66. The molecule has 0 bridgehead atoms. The van der Waals surface area contributed by atoms with Crippen molar-refractivity contribution in [2.45, 2.75) is 18.3 Å². The molecular formula is C16H14BF3N2O3S. The van der Waals surface area contributed by atoms with Crippen LogP contribution >= 0.6 is 11.8 Å². The molecule has 0 atom stereocenters. The van der Waals surface area contributed by atoms with E-state index in [4.69, 9.17) is 0 Å². The van der Waals surface area contributed by atoms with E-state index in [0.717, 1.165) is 23.6 Å². The van der Waals surface area contributed by atoms with Crippen LogP contribution in [0.15, 0.2) is 23.0 Å². The Hall–Kier alpha value is -2.04. The van der Waals surface area contributed by atoms with E-state index in [1.54, 1.807) is 11.8 Å². The van der Waals surface area contributed by atoms with Crippen LogP contribution in [-0.4, -0.2) is 32.9 Å². The molecule has 3 rings (SSSR count). The van der Waals surface area contributed by atoms with Crippen molar-refractivity contribution in [1.29, 1.82) is 0 Å². The van der Waals surface area contributed by atoms with Gasteiger partial charge in [0.05, 0.1) is 11.3 Å². The second-order valence-corrected chi connectivity index (χ2v) is 6.84. The average Bonchev–Trinajstić information content (AvgIpc) is 2.59. The highest BCUT2D eigenvalue weighted by molar-refractivity contribution is 7.98. The molecule has 0 spiro atoms. The Labute approximate surface area is 151 Å². The number of rotatable bonds is 3. The minimum absolute atomic E-state index is 0.222. The van der Waals surface area contributed by atoms with Crippen molar-refractivity contribution in [2.24, 2.45) is 0 Å². The number of thioether (sulfide) groups is 1. The van der Waals surface area contributed by atoms with Crippen molar-refractivity contribution in [3.63, 3.8) is 0 Å². The lowest BCUT2D eigenvalue weighted by molar-refractivity contribution is -0.136. The first-order chi connectivity index (χ1) is 12.3. The molecule has 3 N–H and O–H groups in total. The van der Waals surface area contributed by atoms with Crippen LogP contribution < -0.4 is 11.0 Å². The molecule has 1 aromatic carbocycles. The van der Waals surface area contributed by atoms with Gasteiger partial charge in [-0.05, 0) is 35.3 Å². The number of nitrogens with zero attached hydrogens (tertiary/aromatic N) is 1. The standard InChI is InChI=1S/C16H14BF3N2O3S/c18-16(19,20)11-3-1-9(7-12(11)17(24)25)2-4-14-21-13-5-6-26-8-10(13)15(23)22-14/h1-4,7,24-25H,5-6,8H2,(H,21,22,23)/b4-2+. The third kappa shape index (κ3) is 4.03. The topological polar surface area (TPSA) is 86.2 Å². The van der Waals surface area contributed by atoms with E-state index >= 15 is 0 Å². The highest BCUT2D eigenvalue weighted by Gasteiger charge is 2.36. The second kappa shape index (κ2) is 7.30. The number of fused-ring (bicyclic) bond motifs is 1. The van der Waals surface area contributed by atoms with Gasteiger partial charge in [-0.25, -0.2) is 4.98 Å². The van der Waals surface area contributed by atoms with E-state index in [0.29, 0.717) is 29.1 Å². The summed E-state index contributed by atoms with van der Waals surface area (Å²) < 4.78 is 38.7. The predicted molar refractivity (Wildman–Crippen MR) is 94.9 cm³/mol. The van der Waals surface area contributed by atoms with Gasteiger partial charge in [0.15, 0.2) is 0 Å². The van der Waals surface area contributed by atoms with Crippen molar-refractivity contribution < 1.29 is 23.2 Å². The third-order valence-electron chi connectivity index (χ3n) is 3.94. The largest absolute Gasteiger partial charge is 0.489 e. The molecule has 0 amide bonds. The van der Waals surface area contributed by atoms with Crippen LogP contribution in [0.4, 0.5) is 13.2 Å². The maximum atomic E-state index is 12.9. The van der Waals surface area contributed by atoms with Crippen molar-refractivity contribution in [3.05, 3.63) is 56.8 Å². The van der Waals surface area contributed by atoms with Gasteiger partial charge in [-0.3, -0.25) is 4.79 Å². The Bertz CT molecular complexity index is 913. The Morgan fingerprint density at radius 1 is 1.27 bits per heavy atom. The van der Waals surface area contributed by atoms with E-state index in [1.165, 1.54) is 18.2 Å². The molecule has 2 aromatic rings. The van der Waals surface area contributed by atoms with E-state index < -0.39 is 24.3 Å². The molecule has 5 nitrogen and oxygen atoms in total. The first-order valence-electron chi connectivity index (χ1n) is 7.71. The molecule has 2 heterocycles. The summed E-state index contributed by atoms with van der Waals surface area (Å²) >= 11 is 1.66. The summed E-state index contributed by atoms with van der Waals surface area (Å²) in [5.74, 6) is 1.79. The van der Waals surface area contributed by atoms with Gasteiger partial charge in [-0.15, -0.1) is 0 Å². The molecule has 0 saturated heterocycles. The van der Waals surface area contributed by atoms with Gasteiger partial charge in [0.25, 0.3) is 5.56 Å². The first kappa shape index (κ1) is 18.7. The minimum Gasteiger partial charge on any atom is -0.423 e. The van der Waals surface area contributed by atoms with Gasteiger partial charge in [0.2, 0.25) is 0 Å². The zero-order valence-electron chi connectivity index (χ0n) is 13.4. The zero-order valence-corrected chi connectivity index (χ0v) is 14.2. The first-order valence-corrected chi connectivity index (χ1v) is 8.86. The van der Waals surface area contributed by atoms with Crippen LogP contribution in [0, 0.1) is 0 Å². The molecule has 10 heteroatoms. The molecule has 1 aromatic heterocycles. The third-order valence-corrected chi connectivity index (χ3v) is 4.93. The van der Waals surface area contributed by atoms with Gasteiger partial charge in [0, 0.05) is 11.3 Å². The maximum Gasteiger partial charge on any atom is 0.489 e. The molecule has 0 fully saturated rings. The van der Waals surface area contributed by atoms with Crippen LogP contribution in [0.1, 0.15) is 28.2 Å². The Morgan fingerprint density at radius 2 is 2.04 bits per heavy atom. The van der Waals surface area contributed by atoms with E-state index in [-0.39, 0.29) is 5.56 Å². The molecule has 1 aliphatic heterocycles. The number of benzene rings is 1. The predicted octanol–water partition coefficient (Wildman–Crippen LogP) is 1.43. The number of aromatic nitrogens is 2. The SMILES string of the molecule is O=c1[nH]c(/C=C/c2ccc(C(F)(F)F)c(B(O)O)c2)nc2c1CSCC2. The van der Waals surface area contributed by atoms with Crippen molar-refractivity contribution in [3.8, 4) is 0 Å². The zero-order chi connectivity index (χ0) is 18.9. The highest BCUT2D eigenvalue weighted by atomic mass is 32.2. The Morgan fingerprint density at radius 3 is 2.73 bits per heavy atom. The second-order valence-electron chi connectivity index (χ2n) is 5.73. The molecule has 0 aliphatic carbocycles. The number of H-pyrrole nitrogens is 1. The average molecular weight is 382 g/mol. The number of hydrogen-bond acceptors (Lipinski definition) is 5. The minimum atomic E-state index is -4.69. The van der Waals surface area contributed by atoms with Crippen LogP contribution in [0.5, 0.6) is 0 Å². The lowest BCUT2D eigenvalue weighted by Gasteiger charge is -2.13. The highest BCUT2D eigenvalue weighted by Crippen LogP contribution is 2.28. The lowest BCUT2D eigenvalue weighted by atomic mass is 9.76. The molecule has 26 heavy (non-hydrogen) atoms. The smallest absolute Gasteiger partial charge is 0.423 e. The van der Waals surface area contributed by atoms with Gasteiger partial charge in [-0.2, -0.15) is 24.9 Å². The number of alkyl halides is 3. The monoisotopic (exact) mass is 382 g/mol. The van der Waals surface area contributed by atoms with Crippen LogP contribution in [-0.2, 0) is 18.3 Å². The summed E-state index contributed by atoms with van der Waals surface area (Å²) in [5.41, 5.74) is -0.270. The molecular weight excluding hydrogens is 368 g/mol. The van der Waals surface area contributed by atoms with Gasteiger partial charge < -0.3 is 15.0 Å². The van der Waals surface area contributed by atoms with Crippen LogP contribution in [0.3, 0.4) is 0 Å². The summed E-state index contributed by atoms with van der Waals surface area (Å²) in [7, 11) is -2.25. The molecule has 136 valence electrons. The lowest BCUT2D eigenvalue weighted by Crippen LogP contribution is -2.36. The van der Waals surface area contributed by atoms with Gasteiger partial charge in [0.1, 0.15) is 5.82 Å². The van der Waals surface area contributed by atoms with E-state index in [9.17, 15) is 28.0 Å². The summed E-state index contributed by atoms with van der Waals surface area (Å²) in [6, 6.07) is 3.03. The number of halogens is 3. The summed E-state index contributed by atoms with van der Waals surface area (Å²) in [5, 5.41) is 18.4. The summed E-state index contributed by atoms with van der Waals surface area (Å²) in [4.78, 5) is 19.1. The Balaban J connectivity index is 1.93. The Kier molecular flexibility index (Phi) is 5.26. The fraction of sp³-hybridized carbons (Fsp3) is 0.250. The van der Waals surface area contributed by atoms with Crippen molar-refractivity contribution in [1.82, 2.24) is 9.97 Å².